The second-order valence-corrected chi connectivity index (χ2v) is 3.76. The predicted octanol–water partition coefficient (Wildman–Crippen LogP) is 3.03. The van der Waals surface area contributed by atoms with E-state index >= 15 is 0 Å². The molecule has 2 nitrogen and oxygen atoms in total. The summed E-state index contributed by atoms with van der Waals surface area (Å²) in [6.07, 6.45) is 0.553. The Hall–Kier alpha value is -0.940. The van der Waals surface area contributed by atoms with Crippen LogP contribution in [0.5, 0.6) is 0 Å². The third-order valence-electron chi connectivity index (χ3n) is 2.26. The SMILES string of the molecule is Fc1cc(F)c(NC2CCO[C]2Cl)cc1F. The van der Waals surface area contributed by atoms with Crippen molar-refractivity contribution in [3.8, 4) is 0 Å². The molecule has 16 heavy (non-hydrogen) atoms. The largest absolute Gasteiger partial charge is 0.375 e. The Labute approximate surface area is 95.3 Å². The van der Waals surface area contributed by atoms with Crippen LogP contribution in [0.4, 0.5) is 18.9 Å². The lowest BCUT2D eigenvalue weighted by Crippen LogP contribution is -2.20. The highest BCUT2D eigenvalue weighted by atomic mass is 35.5. The molecule has 0 bridgehead atoms. The zero-order valence-electron chi connectivity index (χ0n) is 8.07. The van der Waals surface area contributed by atoms with Crippen molar-refractivity contribution in [1.29, 1.82) is 0 Å². The van der Waals surface area contributed by atoms with E-state index in [9.17, 15) is 13.2 Å². The monoisotopic (exact) mass is 250 g/mol. The Kier molecular flexibility index (Phi) is 3.25. The molecule has 1 atom stereocenters. The number of benzene rings is 1. The molecule has 1 saturated heterocycles. The molecule has 2 rings (SSSR count). The third kappa shape index (κ3) is 2.25. The van der Waals surface area contributed by atoms with Gasteiger partial charge >= 0.3 is 0 Å². The van der Waals surface area contributed by atoms with Crippen molar-refractivity contribution >= 4 is 17.3 Å². The van der Waals surface area contributed by atoms with E-state index in [4.69, 9.17) is 16.3 Å². The summed E-state index contributed by atoms with van der Waals surface area (Å²) in [5.41, 5.74) is 0.0664. The zero-order chi connectivity index (χ0) is 11.7. The summed E-state index contributed by atoms with van der Waals surface area (Å²) in [5.74, 6) is -3.20. The lowest BCUT2D eigenvalue weighted by molar-refractivity contribution is 0.235. The highest BCUT2D eigenvalue weighted by Gasteiger charge is 2.28. The summed E-state index contributed by atoms with van der Waals surface area (Å²) in [7, 11) is 0. The van der Waals surface area contributed by atoms with Crippen molar-refractivity contribution in [3.63, 3.8) is 0 Å². The van der Waals surface area contributed by atoms with E-state index in [-0.39, 0.29) is 17.3 Å². The summed E-state index contributed by atoms with van der Waals surface area (Å²) >= 11 is 5.69. The number of hydrogen-bond donors (Lipinski definition) is 1. The van der Waals surface area contributed by atoms with E-state index in [1.165, 1.54) is 0 Å². The average Bonchev–Trinajstić information content (AvgIpc) is 2.61. The van der Waals surface area contributed by atoms with Gasteiger partial charge < -0.3 is 10.1 Å². The van der Waals surface area contributed by atoms with E-state index in [0.29, 0.717) is 19.1 Å². The maximum Gasteiger partial charge on any atom is 0.206 e. The van der Waals surface area contributed by atoms with E-state index in [1.807, 2.05) is 0 Å². The molecule has 87 valence electrons. The normalized spacial score (nSPS) is 21.4. The van der Waals surface area contributed by atoms with E-state index in [2.05, 4.69) is 5.32 Å². The van der Waals surface area contributed by atoms with Crippen molar-refractivity contribution in [1.82, 2.24) is 0 Å². The molecule has 1 aromatic carbocycles. The van der Waals surface area contributed by atoms with E-state index in [0.717, 1.165) is 6.07 Å². The van der Waals surface area contributed by atoms with Crippen LogP contribution >= 0.6 is 11.6 Å². The molecule has 1 unspecified atom stereocenters. The average molecular weight is 251 g/mol. The van der Waals surface area contributed by atoms with Crippen LogP contribution in [-0.4, -0.2) is 12.6 Å². The van der Waals surface area contributed by atoms with Gasteiger partial charge in [0.15, 0.2) is 11.6 Å². The summed E-state index contributed by atoms with van der Waals surface area (Å²) in [4.78, 5) is 0. The number of nitrogens with one attached hydrogen (secondary N) is 1. The lowest BCUT2D eigenvalue weighted by atomic mass is 10.2. The van der Waals surface area contributed by atoms with Crippen LogP contribution in [0.2, 0.25) is 0 Å². The summed E-state index contributed by atoms with van der Waals surface area (Å²) < 4.78 is 43.7. The number of anilines is 1. The first-order valence-corrected chi connectivity index (χ1v) is 5.02. The van der Waals surface area contributed by atoms with Crippen LogP contribution < -0.4 is 5.32 Å². The number of hydrogen-bond acceptors (Lipinski definition) is 2. The standard InChI is InChI=1S/C10H8ClF3NO/c11-10-8(1-2-16-10)15-9-4-6(13)5(12)3-7(9)14/h3-4,8,15H,1-2H2. The maximum absolute atomic E-state index is 13.2. The molecule has 1 N–H and O–H groups in total. The van der Waals surface area contributed by atoms with Crippen LogP contribution in [0.25, 0.3) is 0 Å². The van der Waals surface area contributed by atoms with Gasteiger partial charge in [-0.3, -0.25) is 0 Å². The van der Waals surface area contributed by atoms with E-state index in [1.54, 1.807) is 0 Å². The lowest BCUT2D eigenvalue weighted by Gasteiger charge is -2.15. The minimum Gasteiger partial charge on any atom is -0.375 e. The summed E-state index contributed by atoms with van der Waals surface area (Å²) in [6, 6.07) is 0.857. The predicted molar refractivity (Wildman–Crippen MR) is 53.4 cm³/mol. The Bertz CT molecular complexity index is 402. The fourth-order valence-electron chi connectivity index (χ4n) is 1.44. The van der Waals surface area contributed by atoms with Gasteiger partial charge in [0.25, 0.3) is 0 Å². The molecular formula is C10H8ClF3NO. The molecule has 1 aromatic rings. The van der Waals surface area contributed by atoms with Gasteiger partial charge in [-0.05, 0) is 6.42 Å². The molecule has 0 aromatic heterocycles. The highest BCUT2D eigenvalue weighted by Crippen LogP contribution is 2.29. The smallest absolute Gasteiger partial charge is 0.206 e. The van der Waals surface area contributed by atoms with Crippen molar-refractivity contribution < 1.29 is 17.9 Å². The molecule has 1 fully saturated rings. The second kappa shape index (κ2) is 4.51. The zero-order valence-corrected chi connectivity index (χ0v) is 8.82. The molecule has 1 aliphatic heterocycles. The molecule has 0 amide bonds. The topological polar surface area (TPSA) is 21.3 Å². The minimum atomic E-state index is -1.22. The van der Waals surface area contributed by atoms with Crippen LogP contribution in [0, 0.1) is 23.0 Å². The molecular weight excluding hydrogens is 243 g/mol. The molecule has 1 radical (unpaired) electrons. The third-order valence-corrected chi connectivity index (χ3v) is 2.63. The first-order valence-electron chi connectivity index (χ1n) is 4.64. The fourth-order valence-corrected chi connectivity index (χ4v) is 1.68. The van der Waals surface area contributed by atoms with Crippen LogP contribution in [0.15, 0.2) is 12.1 Å². The van der Waals surface area contributed by atoms with Gasteiger partial charge in [-0.1, -0.05) is 11.6 Å². The first-order chi connectivity index (χ1) is 7.58. The highest BCUT2D eigenvalue weighted by molar-refractivity contribution is 6.26. The molecule has 6 heteroatoms. The van der Waals surface area contributed by atoms with Gasteiger partial charge in [-0.15, -0.1) is 0 Å². The Morgan fingerprint density at radius 1 is 1.19 bits per heavy atom. The van der Waals surface area contributed by atoms with Crippen LogP contribution in [0.1, 0.15) is 6.42 Å². The van der Waals surface area contributed by atoms with Gasteiger partial charge in [0, 0.05) is 12.1 Å². The van der Waals surface area contributed by atoms with Crippen molar-refractivity contribution in [2.45, 2.75) is 12.5 Å². The van der Waals surface area contributed by atoms with Gasteiger partial charge in [-0.25, -0.2) is 13.2 Å². The van der Waals surface area contributed by atoms with Crippen molar-refractivity contribution in [2.24, 2.45) is 0 Å². The van der Waals surface area contributed by atoms with Crippen LogP contribution in [-0.2, 0) is 4.74 Å². The maximum atomic E-state index is 13.2. The van der Waals surface area contributed by atoms with Gasteiger partial charge in [0.1, 0.15) is 5.82 Å². The fraction of sp³-hybridized carbons (Fsp3) is 0.300. The molecule has 0 saturated carbocycles. The van der Waals surface area contributed by atoms with Gasteiger partial charge in [-0.2, -0.15) is 0 Å². The van der Waals surface area contributed by atoms with Crippen LogP contribution in [0.3, 0.4) is 0 Å². The quantitative estimate of drug-likeness (QED) is 0.815. The van der Waals surface area contributed by atoms with Crippen molar-refractivity contribution in [2.75, 3.05) is 11.9 Å². The molecule has 1 aliphatic rings. The number of rotatable bonds is 2. The second-order valence-electron chi connectivity index (χ2n) is 3.38. The Balaban J connectivity index is 2.18. The first kappa shape index (κ1) is 11.5. The van der Waals surface area contributed by atoms with E-state index < -0.39 is 17.5 Å². The van der Waals surface area contributed by atoms with Gasteiger partial charge in [0.05, 0.1) is 18.3 Å². The number of halogens is 4. The Morgan fingerprint density at radius 2 is 1.88 bits per heavy atom. The van der Waals surface area contributed by atoms with Gasteiger partial charge in [0.2, 0.25) is 5.56 Å². The molecule has 0 aliphatic carbocycles. The Morgan fingerprint density at radius 3 is 2.50 bits per heavy atom. The summed E-state index contributed by atoms with van der Waals surface area (Å²) in [5, 5.41) is 2.65. The number of ether oxygens (including phenoxy) is 1. The molecule has 1 heterocycles. The minimum absolute atomic E-state index is 0.132. The summed E-state index contributed by atoms with van der Waals surface area (Å²) in [6.45, 7) is 0.418. The van der Waals surface area contributed by atoms with Crippen molar-refractivity contribution in [3.05, 3.63) is 35.1 Å². The molecule has 0 spiro atoms.